The van der Waals surface area contributed by atoms with Gasteiger partial charge in [0, 0.05) is 5.56 Å². The number of benzene rings is 1. The number of rotatable bonds is 2. The van der Waals surface area contributed by atoms with E-state index >= 15 is 0 Å². The Balaban J connectivity index is 3.72. The number of carbonyl (C=O) groups is 1. The Labute approximate surface area is 92.0 Å². The van der Waals surface area contributed by atoms with Crippen molar-refractivity contribution in [1.82, 2.24) is 0 Å². The monoisotopic (exact) mass is 251 g/mol. The zero-order valence-electron chi connectivity index (χ0n) is 8.34. The molecule has 0 N–H and O–H groups in total. The molecule has 0 amide bonds. The number of alkyl halides is 3. The van der Waals surface area contributed by atoms with Crippen LogP contribution >= 0.6 is 0 Å². The summed E-state index contributed by atoms with van der Waals surface area (Å²) in [5, 5.41) is 10.4. The number of carbonyl (C=O) groups excluding carboxylic acids is 1. The molecule has 0 bridgehead atoms. The van der Waals surface area contributed by atoms with Crippen LogP contribution in [-0.4, -0.2) is 10.7 Å². The highest BCUT2D eigenvalue weighted by atomic mass is 19.4. The lowest BCUT2D eigenvalue weighted by molar-refractivity contribution is -0.388. The molecule has 0 aliphatic heterocycles. The first-order valence-corrected chi connectivity index (χ1v) is 4.20. The largest absolute Gasteiger partial charge is 0.423 e. The van der Waals surface area contributed by atoms with Gasteiger partial charge in [-0.2, -0.15) is 13.2 Å². The predicted octanol–water partition coefficient (Wildman–Crippen LogP) is 2.96. The summed E-state index contributed by atoms with van der Waals surface area (Å²) in [6, 6.07) is 0.466. The number of hydrogen-bond acceptors (Lipinski definition) is 3. The van der Waals surface area contributed by atoms with Crippen molar-refractivity contribution >= 4 is 11.5 Å². The first-order valence-electron chi connectivity index (χ1n) is 4.20. The molecule has 0 atom stereocenters. The van der Waals surface area contributed by atoms with E-state index in [9.17, 15) is 32.5 Å². The van der Waals surface area contributed by atoms with E-state index in [0.29, 0.717) is 6.07 Å². The first-order chi connectivity index (χ1) is 7.64. The van der Waals surface area contributed by atoms with Gasteiger partial charge in [0.1, 0.15) is 11.4 Å². The molecular formula is C9H5F4NO3. The van der Waals surface area contributed by atoms with Crippen LogP contribution in [0.25, 0.3) is 0 Å². The number of Topliss-reactive ketones (excluding diaryl/α,β-unsaturated/α-hetero) is 1. The molecule has 0 unspecified atom stereocenters. The number of nitro benzene ring substituents is 1. The fraction of sp³-hybridized carbons (Fsp3) is 0.222. The summed E-state index contributed by atoms with van der Waals surface area (Å²) in [7, 11) is 0. The van der Waals surface area contributed by atoms with E-state index < -0.39 is 39.5 Å². The van der Waals surface area contributed by atoms with Crippen molar-refractivity contribution in [1.29, 1.82) is 0 Å². The normalized spacial score (nSPS) is 11.4. The van der Waals surface area contributed by atoms with Crippen LogP contribution in [0.15, 0.2) is 12.1 Å². The minimum atomic E-state index is -5.10. The molecule has 0 aliphatic rings. The van der Waals surface area contributed by atoms with Crippen molar-refractivity contribution in [2.75, 3.05) is 0 Å². The molecule has 0 spiro atoms. The molecule has 0 saturated carbocycles. The molecule has 0 fully saturated rings. The molecule has 1 aromatic carbocycles. The van der Waals surface area contributed by atoms with E-state index in [2.05, 4.69) is 0 Å². The fourth-order valence-corrected chi connectivity index (χ4v) is 1.31. The van der Waals surface area contributed by atoms with Gasteiger partial charge in [0.25, 0.3) is 5.69 Å². The molecule has 4 nitrogen and oxygen atoms in total. The van der Waals surface area contributed by atoms with Crippen molar-refractivity contribution in [3.63, 3.8) is 0 Å². The molecule has 1 aromatic rings. The lowest BCUT2D eigenvalue weighted by Crippen LogP contribution is -2.15. The standard InChI is InChI=1S/C9H5F4NO3/c1-4(15)6-2-5(10)3-7(14(16)17)8(6)9(11,12)13/h2-3H,1H3. The lowest BCUT2D eigenvalue weighted by atomic mass is 10.0. The third-order valence-corrected chi connectivity index (χ3v) is 1.94. The summed E-state index contributed by atoms with van der Waals surface area (Å²) in [4.78, 5) is 20.0. The van der Waals surface area contributed by atoms with E-state index in [1.165, 1.54) is 0 Å². The van der Waals surface area contributed by atoms with Crippen LogP contribution in [0, 0.1) is 15.9 Å². The molecule has 0 saturated heterocycles. The summed E-state index contributed by atoms with van der Waals surface area (Å²) < 4.78 is 50.6. The number of nitrogens with zero attached hydrogens (tertiary/aromatic N) is 1. The van der Waals surface area contributed by atoms with Crippen LogP contribution in [-0.2, 0) is 6.18 Å². The number of hydrogen-bond donors (Lipinski definition) is 0. The number of nitro groups is 1. The molecule has 0 aliphatic carbocycles. The van der Waals surface area contributed by atoms with Gasteiger partial charge >= 0.3 is 6.18 Å². The average molecular weight is 251 g/mol. The number of ketones is 1. The molecule has 8 heteroatoms. The average Bonchev–Trinajstić information content (AvgIpc) is 2.14. The zero-order valence-corrected chi connectivity index (χ0v) is 8.34. The molecule has 92 valence electrons. The highest BCUT2D eigenvalue weighted by Gasteiger charge is 2.42. The maximum Gasteiger partial charge on any atom is 0.423 e. The third kappa shape index (κ3) is 2.58. The maximum absolute atomic E-state index is 12.9. The summed E-state index contributed by atoms with van der Waals surface area (Å²) >= 11 is 0. The molecule has 1 rings (SSSR count). The Morgan fingerprint density at radius 2 is 1.88 bits per heavy atom. The van der Waals surface area contributed by atoms with Crippen LogP contribution in [0.2, 0.25) is 0 Å². The first kappa shape index (κ1) is 13.1. The van der Waals surface area contributed by atoms with Crippen LogP contribution in [0.5, 0.6) is 0 Å². The fourth-order valence-electron chi connectivity index (χ4n) is 1.31. The van der Waals surface area contributed by atoms with Crippen LogP contribution in [0.4, 0.5) is 23.2 Å². The van der Waals surface area contributed by atoms with E-state index in [1.807, 2.05) is 0 Å². The van der Waals surface area contributed by atoms with Gasteiger partial charge in [-0.05, 0) is 13.0 Å². The second-order valence-corrected chi connectivity index (χ2v) is 3.16. The topological polar surface area (TPSA) is 60.2 Å². The SMILES string of the molecule is CC(=O)c1cc(F)cc([N+](=O)[O-])c1C(F)(F)F. The van der Waals surface area contributed by atoms with Gasteiger partial charge in [0.2, 0.25) is 0 Å². The smallest absolute Gasteiger partial charge is 0.294 e. The molecule has 0 radical (unpaired) electrons. The van der Waals surface area contributed by atoms with Gasteiger partial charge in [-0.25, -0.2) is 4.39 Å². The maximum atomic E-state index is 12.9. The Hall–Kier alpha value is -1.99. The van der Waals surface area contributed by atoms with Gasteiger partial charge in [-0.3, -0.25) is 14.9 Å². The van der Waals surface area contributed by atoms with Gasteiger partial charge in [-0.1, -0.05) is 0 Å². The quantitative estimate of drug-likeness (QED) is 0.351. The van der Waals surface area contributed by atoms with Gasteiger partial charge in [0.05, 0.1) is 11.0 Å². The van der Waals surface area contributed by atoms with Gasteiger partial charge < -0.3 is 0 Å². The van der Waals surface area contributed by atoms with Crippen molar-refractivity contribution in [2.45, 2.75) is 13.1 Å². The Kier molecular flexibility index (Phi) is 3.16. The second-order valence-electron chi connectivity index (χ2n) is 3.16. The van der Waals surface area contributed by atoms with Crippen molar-refractivity contribution in [3.8, 4) is 0 Å². The van der Waals surface area contributed by atoms with Crippen LogP contribution in [0.3, 0.4) is 0 Å². The van der Waals surface area contributed by atoms with Crippen LogP contribution in [0.1, 0.15) is 22.8 Å². The van der Waals surface area contributed by atoms with Crippen molar-refractivity contribution in [2.24, 2.45) is 0 Å². The van der Waals surface area contributed by atoms with Gasteiger partial charge in [0.15, 0.2) is 5.78 Å². The van der Waals surface area contributed by atoms with Crippen LogP contribution < -0.4 is 0 Å². The zero-order chi connectivity index (χ0) is 13.4. The predicted molar refractivity (Wildman–Crippen MR) is 48.1 cm³/mol. The molecular weight excluding hydrogens is 246 g/mol. The minimum absolute atomic E-state index is 0.134. The van der Waals surface area contributed by atoms with Crippen molar-refractivity contribution < 1.29 is 27.3 Å². The Bertz CT molecular complexity index is 460. The Morgan fingerprint density at radius 1 is 1.35 bits per heavy atom. The van der Waals surface area contributed by atoms with E-state index in [0.717, 1.165) is 6.92 Å². The van der Waals surface area contributed by atoms with E-state index in [4.69, 9.17) is 0 Å². The lowest BCUT2D eigenvalue weighted by Gasteiger charge is -2.11. The number of halogens is 4. The molecule has 17 heavy (non-hydrogen) atoms. The highest BCUT2D eigenvalue weighted by molar-refractivity contribution is 5.96. The summed E-state index contributed by atoms with van der Waals surface area (Å²) in [6.45, 7) is 0.772. The van der Waals surface area contributed by atoms with E-state index in [-0.39, 0.29) is 6.07 Å². The summed E-state index contributed by atoms with van der Waals surface area (Å²) in [5.41, 5.74) is -4.25. The summed E-state index contributed by atoms with van der Waals surface area (Å²) in [5.74, 6) is -2.37. The highest BCUT2D eigenvalue weighted by Crippen LogP contribution is 2.39. The molecule has 0 heterocycles. The third-order valence-electron chi connectivity index (χ3n) is 1.94. The van der Waals surface area contributed by atoms with E-state index in [1.54, 1.807) is 0 Å². The van der Waals surface area contributed by atoms with Crippen molar-refractivity contribution in [3.05, 3.63) is 39.2 Å². The molecule has 0 aromatic heterocycles. The second kappa shape index (κ2) is 4.11. The minimum Gasteiger partial charge on any atom is -0.294 e. The van der Waals surface area contributed by atoms with Gasteiger partial charge in [-0.15, -0.1) is 0 Å². The summed E-state index contributed by atoms with van der Waals surface area (Å²) in [6.07, 6.45) is -5.10. The Morgan fingerprint density at radius 3 is 2.24 bits per heavy atom.